The average molecular weight is 377 g/mol. The number of hydrogen-bond acceptors (Lipinski definition) is 5. The summed E-state index contributed by atoms with van der Waals surface area (Å²) >= 11 is 5.34. The van der Waals surface area contributed by atoms with E-state index in [0.29, 0.717) is 34.1 Å². The van der Waals surface area contributed by atoms with Crippen molar-refractivity contribution in [3.63, 3.8) is 0 Å². The topological polar surface area (TPSA) is 85.8 Å². The van der Waals surface area contributed by atoms with Gasteiger partial charge in [0.05, 0.1) is 12.8 Å². The van der Waals surface area contributed by atoms with Gasteiger partial charge in [-0.1, -0.05) is 19.8 Å². The van der Waals surface area contributed by atoms with E-state index >= 15 is 0 Å². The highest BCUT2D eigenvalue weighted by Crippen LogP contribution is 2.23. The van der Waals surface area contributed by atoms with Gasteiger partial charge in [0.25, 0.3) is 0 Å². The van der Waals surface area contributed by atoms with Gasteiger partial charge < -0.3 is 20.0 Å². The highest BCUT2D eigenvalue weighted by molar-refractivity contribution is 7.80. The Hall–Kier alpha value is -2.15. The third-order valence-corrected chi connectivity index (χ3v) is 5.00. The Labute approximate surface area is 160 Å². The molecule has 1 aromatic carbocycles. The van der Waals surface area contributed by atoms with Crippen LogP contribution in [-0.2, 0) is 11.2 Å². The molecule has 7 heteroatoms. The lowest BCUT2D eigenvalue weighted by atomic mass is 9.86. The van der Waals surface area contributed by atoms with Gasteiger partial charge >= 0.3 is 0 Å². The number of hydrazone groups is 1. The largest absolute Gasteiger partial charge is 0.550 e. The summed E-state index contributed by atoms with van der Waals surface area (Å²) in [6, 6.07) is 5.69. The van der Waals surface area contributed by atoms with E-state index in [1.54, 1.807) is 12.1 Å². The monoisotopic (exact) mass is 376 g/mol. The van der Waals surface area contributed by atoms with Crippen LogP contribution in [0, 0.1) is 5.92 Å². The number of methoxy groups -OCH3 is 1. The number of hydrogen-bond donors (Lipinski definition) is 2. The number of ether oxygens (including phenoxy) is 1. The minimum Gasteiger partial charge on any atom is -0.550 e. The van der Waals surface area contributed by atoms with Gasteiger partial charge in [0.1, 0.15) is 5.75 Å². The van der Waals surface area contributed by atoms with E-state index in [2.05, 4.69) is 22.8 Å². The summed E-state index contributed by atoms with van der Waals surface area (Å²) in [5.41, 5.74) is 4.93. The minimum atomic E-state index is -1.15. The van der Waals surface area contributed by atoms with Gasteiger partial charge in [-0.15, -0.1) is 0 Å². The molecule has 0 heterocycles. The predicted molar refractivity (Wildman–Crippen MR) is 104 cm³/mol. The molecule has 0 aromatic heterocycles. The number of carbonyl (C=O) groups is 1. The van der Waals surface area contributed by atoms with Crippen LogP contribution in [-0.4, -0.2) is 29.9 Å². The van der Waals surface area contributed by atoms with Crippen LogP contribution in [0.1, 0.15) is 50.7 Å². The maximum absolute atomic E-state index is 10.9. The Morgan fingerprint density at radius 1 is 1.38 bits per heavy atom. The highest BCUT2D eigenvalue weighted by Gasteiger charge is 2.21. The molecule has 26 heavy (non-hydrogen) atoms. The number of thiocarbonyl (C=S) groups is 1. The zero-order chi connectivity index (χ0) is 19.1. The molecule has 1 aliphatic rings. The second-order valence-electron chi connectivity index (χ2n) is 6.73. The maximum atomic E-state index is 10.9. The Morgan fingerprint density at radius 2 is 2.12 bits per heavy atom. The van der Waals surface area contributed by atoms with Gasteiger partial charge in [-0.25, -0.2) is 0 Å². The molecule has 2 atom stereocenters. The summed E-state index contributed by atoms with van der Waals surface area (Å²) in [7, 11) is 1.51. The van der Waals surface area contributed by atoms with Crippen molar-refractivity contribution in [3.05, 3.63) is 29.3 Å². The van der Waals surface area contributed by atoms with Crippen molar-refractivity contribution in [2.75, 3.05) is 7.11 Å². The molecule has 0 aliphatic heterocycles. The number of carboxylic acids is 1. The molecule has 1 fully saturated rings. The number of nitrogens with one attached hydrogen (secondary N) is 2. The first-order valence-electron chi connectivity index (χ1n) is 8.88. The lowest BCUT2D eigenvalue weighted by molar-refractivity contribution is -0.304. The zero-order valence-electron chi connectivity index (χ0n) is 15.5. The molecule has 1 aromatic rings. The third-order valence-electron chi connectivity index (χ3n) is 4.79. The van der Waals surface area contributed by atoms with E-state index < -0.39 is 5.97 Å². The summed E-state index contributed by atoms with van der Waals surface area (Å²) < 4.78 is 5.20. The maximum Gasteiger partial charge on any atom is 0.187 e. The third kappa shape index (κ3) is 5.69. The first-order valence-corrected chi connectivity index (χ1v) is 9.29. The summed E-state index contributed by atoms with van der Waals surface area (Å²) in [6.45, 7) is 4.08. The average Bonchev–Trinajstić information content (AvgIpc) is 2.61. The number of nitrogens with zero attached hydrogens (tertiary/aromatic N) is 1. The molecule has 0 unspecified atom stereocenters. The van der Waals surface area contributed by atoms with Gasteiger partial charge in [-0.3, -0.25) is 5.43 Å². The van der Waals surface area contributed by atoms with E-state index in [9.17, 15) is 9.90 Å². The molecule has 142 valence electrons. The molecule has 0 bridgehead atoms. The summed E-state index contributed by atoms with van der Waals surface area (Å²) in [5, 5.41) is 19.1. The summed E-state index contributed by atoms with van der Waals surface area (Å²) in [5.74, 6) is -0.0373. The highest BCUT2D eigenvalue weighted by atomic mass is 32.1. The molecule has 2 rings (SSSR count). The van der Waals surface area contributed by atoms with Gasteiger partial charge in [0.2, 0.25) is 0 Å². The number of aliphatic carboxylic acids is 1. The van der Waals surface area contributed by atoms with Gasteiger partial charge in [-0.2, -0.15) is 5.10 Å². The van der Waals surface area contributed by atoms with Crippen molar-refractivity contribution in [1.29, 1.82) is 0 Å². The molecule has 0 saturated heterocycles. The van der Waals surface area contributed by atoms with E-state index in [1.165, 1.54) is 26.4 Å². The van der Waals surface area contributed by atoms with Crippen LogP contribution in [0.2, 0.25) is 0 Å². The predicted octanol–water partition coefficient (Wildman–Crippen LogP) is 1.75. The quantitative estimate of drug-likeness (QED) is 0.447. The number of carbonyl (C=O) groups excluding carboxylic acids is 1. The smallest absolute Gasteiger partial charge is 0.187 e. The molecule has 6 nitrogen and oxygen atoms in total. The van der Waals surface area contributed by atoms with Gasteiger partial charge in [0.15, 0.2) is 5.11 Å². The van der Waals surface area contributed by atoms with Crippen molar-refractivity contribution in [2.24, 2.45) is 11.0 Å². The van der Waals surface area contributed by atoms with E-state index in [1.807, 2.05) is 13.0 Å². The van der Waals surface area contributed by atoms with E-state index in [4.69, 9.17) is 17.0 Å². The first-order chi connectivity index (χ1) is 12.4. The second-order valence-corrected chi connectivity index (χ2v) is 7.13. The normalized spacial score (nSPS) is 20.3. The van der Waals surface area contributed by atoms with E-state index in [0.717, 1.165) is 12.0 Å². The van der Waals surface area contributed by atoms with Crippen molar-refractivity contribution in [1.82, 2.24) is 10.7 Å². The standard InChI is InChI=1S/C19H27N3O3S/c1-12-6-4-5-7-16(12)20-19(26)22-21-13(2)14-8-9-17(25-3)15(10-14)11-18(23)24/h8-10,12,16H,4-7,11H2,1-3H3,(H,23,24)(H2,20,22,26)/p-1/b21-13-/t12-,16+/m1/s1. The van der Waals surface area contributed by atoms with Crippen LogP contribution in [0.5, 0.6) is 5.75 Å². The minimum absolute atomic E-state index is 0.211. The summed E-state index contributed by atoms with van der Waals surface area (Å²) in [6.07, 6.45) is 4.63. The van der Waals surface area contributed by atoms with Gasteiger partial charge in [-0.05, 0) is 61.7 Å². The van der Waals surface area contributed by atoms with Gasteiger partial charge in [0, 0.05) is 24.0 Å². The van der Waals surface area contributed by atoms with Crippen LogP contribution in [0.3, 0.4) is 0 Å². The lowest BCUT2D eigenvalue weighted by Crippen LogP contribution is -2.44. The van der Waals surface area contributed by atoms with Crippen molar-refractivity contribution in [2.45, 2.75) is 52.0 Å². The molecule has 1 saturated carbocycles. The fourth-order valence-corrected chi connectivity index (χ4v) is 3.42. The molecule has 1 aliphatic carbocycles. The fraction of sp³-hybridized carbons (Fsp3) is 0.526. The lowest BCUT2D eigenvalue weighted by Gasteiger charge is -2.30. The summed E-state index contributed by atoms with van der Waals surface area (Å²) in [4.78, 5) is 10.9. The fourth-order valence-electron chi connectivity index (χ4n) is 3.23. The zero-order valence-corrected chi connectivity index (χ0v) is 16.3. The van der Waals surface area contributed by atoms with Crippen molar-refractivity contribution < 1.29 is 14.6 Å². The second kappa shape index (κ2) is 9.52. The van der Waals surface area contributed by atoms with Crippen molar-refractivity contribution in [3.8, 4) is 5.75 Å². The van der Waals surface area contributed by atoms with Crippen LogP contribution >= 0.6 is 12.2 Å². The van der Waals surface area contributed by atoms with Crippen LogP contribution in [0.25, 0.3) is 0 Å². The molecule has 0 amide bonds. The Balaban J connectivity index is 2.01. The molecular formula is C19H26N3O3S-. The first kappa shape index (κ1) is 20.2. The van der Waals surface area contributed by atoms with Crippen LogP contribution in [0.4, 0.5) is 0 Å². The Kier molecular flexibility index (Phi) is 7.38. The van der Waals surface area contributed by atoms with E-state index in [-0.39, 0.29) is 6.42 Å². The van der Waals surface area contributed by atoms with Crippen LogP contribution in [0.15, 0.2) is 23.3 Å². The number of rotatable bonds is 6. The molecule has 0 spiro atoms. The molecule has 2 N–H and O–H groups in total. The molecule has 0 radical (unpaired) electrons. The van der Waals surface area contributed by atoms with Crippen LogP contribution < -0.4 is 20.6 Å². The SMILES string of the molecule is COc1ccc(/C(C)=N\NC(=S)N[C@H]2CCCC[C@H]2C)cc1CC(=O)[O-]. The molecular weight excluding hydrogens is 350 g/mol. The van der Waals surface area contributed by atoms with Crippen molar-refractivity contribution >= 4 is 29.0 Å². The Morgan fingerprint density at radius 3 is 2.77 bits per heavy atom. The number of carboxylic acid groups (broad SMARTS) is 1. The Bertz CT molecular complexity index is 691. The number of benzene rings is 1.